The van der Waals surface area contributed by atoms with Crippen molar-refractivity contribution in [2.24, 2.45) is 5.92 Å². The average Bonchev–Trinajstić information content (AvgIpc) is 3.36. The van der Waals surface area contributed by atoms with Crippen molar-refractivity contribution in [2.45, 2.75) is 44.6 Å². The van der Waals surface area contributed by atoms with Crippen molar-refractivity contribution in [3.05, 3.63) is 57.5 Å². The predicted octanol–water partition coefficient (Wildman–Crippen LogP) is 5.15. The SMILES string of the molecule is Cc1ccc(-c2noc(CSc3nc4ccsc4c(=O)n3CCC(C)C)n2)cc1. The van der Waals surface area contributed by atoms with Gasteiger partial charge < -0.3 is 4.52 Å². The molecule has 0 radical (unpaired) electrons. The standard InChI is InChI=1S/C21H22N4O2S2/c1-13(2)8-10-25-20(26)18-16(9-11-28-18)22-21(25)29-12-17-23-19(24-27-17)15-6-4-14(3)5-7-15/h4-7,9,11,13H,8,10,12H2,1-3H3. The van der Waals surface area contributed by atoms with E-state index in [-0.39, 0.29) is 5.56 Å². The first kappa shape index (κ1) is 19.8. The Morgan fingerprint density at radius 3 is 2.72 bits per heavy atom. The van der Waals surface area contributed by atoms with Crippen LogP contribution in [0, 0.1) is 12.8 Å². The summed E-state index contributed by atoms with van der Waals surface area (Å²) in [6.07, 6.45) is 0.921. The van der Waals surface area contributed by atoms with Gasteiger partial charge in [-0.2, -0.15) is 4.98 Å². The molecule has 0 aliphatic carbocycles. The van der Waals surface area contributed by atoms with E-state index < -0.39 is 0 Å². The molecule has 4 aromatic rings. The van der Waals surface area contributed by atoms with Crippen molar-refractivity contribution < 1.29 is 4.52 Å². The van der Waals surface area contributed by atoms with E-state index in [1.165, 1.54) is 28.7 Å². The van der Waals surface area contributed by atoms with Crippen LogP contribution in [0.4, 0.5) is 0 Å². The third-order valence-electron chi connectivity index (χ3n) is 4.56. The third-order valence-corrected chi connectivity index (χ3v) is 6.42. The number of aryl methyl sites for hydroxylation is 1. The smallest absolute Gasteiger partial charge is 0.272 e. The van der Waals surface area contributed by atoms with E-state index in [1.54, 1.807) is 4.57 Å². The van der Waals surface area contributed by atoms with Gasteiger partial charge in [0, 0.05) is 12.1 Å². The molecular formula is C21H22N4O2S2. The minimum absolute atomic E-state index is 0.0269. The molecular weight excluding hydrogens is 404 g/mol. The monoisotopic (exact) mass is 426 g/mol. The Morgan fingerprint density at radius 2 is 1.97 bits per heavy atom. The predicted molar refractivity (Wildman–Crippen MR) is 117 cm³/mol. The Morgan fingerprint density at radius 1 is 1.17 bits per heavy atom. The second kappa shape index (κ2) is 8.51. The summed E-state index contributed by atoms with van der Waals surface area (Å²) < 4.78 is 7.90. The molecule has 0 bridgehead atoms. The molecule has 0 aliphatic heterocycles. The zero-order chi connectivity index (χ0) is 20.4. The van der Waals surface area contributed by atoms with E-state index in [0.29, 0.717) is 39.8 Å². The van der Waals surface area contributed by atoms with Crippen LogP contribution in [0.15, 0.2) is 50.2 Å². The van der Waals surface area contributed by atoms with Gasteiger partial charge in [-0.25, -0.2) is 4.98 Å². The van der Waals surface area contributed by atoms with Crippen LogP contribution in [0.5, 0.6) is 0 Å². The quantitative estimate of drug-likeness (QED) is 0.300. The summed E-state index contributed by atoms with van der Waals surface area (Å²) in [5.74, 6) is 2.05. The number of rotatable bonds is 7. The van der Waals surface area contributed by atoms with Gasteiger partial charge in [-0.3, -0.25) is 9.36 Å². The molecule has 0 saturated heterocycles. The van der Waals surface area contributed by atoms with Crippen LogP contribution < -0.4 is 5.56 Å². The van der Waals surface area contributed by atoms with Gasteiger partial charge in [-0.15, -0.1) is 11.3 Å². The fraction of sp³-hybridized carbons (Fsp3) is 0.333. The number of fused-ring (bicyclic) bond motifs is 1. The summed E-state index contributed by atoms with van der Waals surface area (Å²) in [4.78, 5) is 22.1. The van der Waals surface area contributed by atoms with E-state index >= 15 is 0 Å². The minimum Gasteiger partial charge on any atom is -0.338 e. The lowest BCUT2D eigenvalue weighted by molar-refractivity contribution is 0.391. The molecule has 6 nitrogen and oxygen atoms in total. The van der Waals surface area contributed by atoms with E-state index in [9.17, 15) is 4.79 Å². The fourth-order valence-electron chi connectivity index (χ4n) is 2.88. The first-order valence-corrected chi connectivity index (χ1v) is 11.4. The Labute approximate surface area is 177 Å². The number of nitrogens with zero attached hydrogens (tertiary/aromatic N) is 4. The summed E-state index contributed by atoms with van der Waals surface area (Å²) in [7, 11) is 0. The second-order valence-corrected chi connectivity index (χ2v) is 9.19. The molecule has 0 amide bonds. The zero-order valence-corrected chi connectivity index (χ0v) is 18.2. The molecule has 0 spiro atoms. The third kappa shape index (κ3) is 4.43. The van der Waals surface area contributed by atoms with Crippen molar-refractivity contribution in [3.8, 4) is 11.4 Å². The van der Waals surface area contributed by atoms with Crippen LogP contribution in [-0.2, 0) is 12.3 Å². The number of thioether (sulfide) groups is 1. The fourth-order valence-corrected chi connectivity index (χ4v) is 4.52. The maximum Gasteiger partial charge on any atom is 0.272 e. The maximum absolute atomic E-state index is 12.9. The Bertz CT molecular complexity index is 1180. The zero-order valence-electron chi connectivity index (χ0n) is 16.6. The van der Waals surface area contributed by atoms with Gasteiger partial charge in [-0.1, -0.05) is 60.6 Å². The summed E-state index contributed by atoms with van der Waals surface area (Å²) >= 11 is 2.90. The molecule has 0 aliphatic rings. The van der Waals surface area contributed by atoms with Gasteiger partial charge in [-0.05, 0) is 30.7 Å². The normalized spacial score (nSPS) is 11.6. The molecule has 0 saturated carbocycles. The molecule has 1 aromatic carbocycles. The minimum atomic E-state index is 0.0269. The molecule has 3 heterocycles. The first-order valence-electron chi connectivity index (χ1n) is 9.51. The summed E-state index contributed by atoms with van der Waals surface area (Å²) in [5.41, 5.74) is 2.87. The lowest BCUT2D eigenvalue weighted by atomic mass is 10.1. The van der Waals surface area contributed by atoms with Gasteiger partial charge in [0.25, 0.3) is 5.56 Å². The van der Waals surface area contributed by atoms with E-state index in [4.69, 9.17) is 9.51 Å². The number of benzene rings is 1. The molecule has 150 valence electrons. The van der Waals surface area contributed by atoms with Crippen molar-refractivity contribution in [2.75, 3.05) is 0 Å². The second-order valence-electron chi connectivity index (χ2n) is 7.34. The summed E-state index contributed by atoms with van der Waals surface area (Å²) in [5, 5.41) is 6.68. The molecule has 0 unspecified atom stereocenters. The van der Waals surface area contributed by atoms with Crippen LogP contribution in [0.3, 0.4) is 0 Å². The highest BCUT2D eigenvalue weighted by Gasteiger charge is 2.15. The van der Waals surface area contributed by atoms with Crippen LogP contribution in [-0.4, -0.2) is 19.7 Å². The van der Waals surface area contributed by atoms with Crippen molar-refractivity contribution >= 4 is 33.3 Å². The highest BCUT2D eigenvalue weighted by molar-refractivity contribution is 7.98. The summed E-state index contributed by atoms with van der Waals surface area (Å²) in [6.45, 7) is 7.00. The molecule has 3 aromatic heterocycles. The lowest BCUT2D eigenvalue weighted by Gasteiger charge is -2.12. The number of hydrogen-bond donors (Lipinski definition) is 0. The van der Waals surface area contributed by atoms with Gasteiger partial charge in [0.15, 0.2) is 5.16 Å². The molecule has 4 rings (SSSR count). The van der Waals surface area contributed by atoms with Crippen LogP contribution >= 0.6 is 23.1 Å². The van der Waals surface area contributed by atoms with E-state index in [0.717, 1.165) is 17.5 Å². The number of aromatic nitrogens is 4. The Balaban J connectivity index is 1.57. The number of hydrogen-bond acceptors (Lipinski definition) is 7. The highest BCUT2D eigenvalue weighted by atomic mass is 32.2. The van der Waals surface area contributed by atoms with Gasteiger partial charge >= 0.3 is 0 Å². The molecule has 29 heavy (non-hydrogen) atoms. The van der Waals surface area contributed by atoms with E-state index in [2.05, 4.69) is 24.0 Å². The van der Waals surface area contributed by atoms with Gasteiger partial charge in [0.2, 0.25) is 11.7 Å². The average molecular weight is 427 g/mol. The Kier molecular flexibility index (Phi) is 5.82. The van der Waals surface area contributed by atoms with Crippen molar-refractivity contribution in [3.63, 3.8) is 0 Å². The topological polar surface area (TPSA) is 73.8 Å². The highest BCUT2D eigenvalue weighted by Crippen LogP contribution is 2.25. The van der Waals surface area contributed by atoms with E-state index in [1.807, 2.05) is 42.6 Å². The number of thiophene rings is 1. The van der Waals surface area contributed by atoms with Crippen LogP contribution in [0.2, 0.25) is 0 Å². The first-order chi connectivity index (χ1) is 14.0. The molecule has 8 heteroatoms. The molecule has 0 fully saturated rings. The lowest BCUT2D eigenvalue weighted by Crippen LogP contribution is -2.23. The molecule has 0 atom stereocenters. The maximum atomic E-state index is 12.9. The van der Waals surface area contributed by atoms with Crippen LogP contribution in [0.25, 0.3) is 21.6 Å². The van der Waals surface area contributed by atoms with Crippen molar-refractivity contribution in [1.82, 2.24) is 19.7 Å². The van der Waals surface area contributed by atoms with Gasteiger partial charge in [0.1, 0.15) is 4.70 Å². The van der Waals surface area contributed by atoms with Crippen molar-refractivity contribution in [1.29, 1.82) is 0 Å². The van der Waals surface area contributed by atoms with Gasteiger partial charge in [0.05, 0.1) is 11.3 Å². The molecule has 0 N–H and O–H groups in total. The Hall–Kier alpha value is -2.45. The largest absolute Gasteiger partial charge is 0.338 e. The van der Waals surface area contributed by atoms with Crippen LogP contribution in [0.1, 0.15) is 31.7 Å². The summed E-state index contributed by atoms with van der Waals surface area (Å²) in [6, 6.07) is 9.89.